The van der Waals surface area contributed by atoms with Crippen LogP contribution in [0.2, 0.25) is 0 Å². The van der Waals surface area contributed by atoms with E-state index in [9.17, 15) is 13.5 Å². The molecule has 0 spiro atoms. The summed E-state index contributed by atoms with van der Waals surface area (Å²) in [5, 5.41) is 10.2. The zero-order valence-corrected chi connectivity index (χ0v) is 13.1. The molecule has 0 bridgehead atoms. The highest BCUT2D eigenvalue weighted by molar-refractivity contribution is 9.10. The molecule has 0 saturated carbocycles. The molecule has 0 amide bonds. The number of aliphatic hydroxyl groups excluding tert-OH is 1. The van der Waals surface area contributed by atoms with Gasteiger partial charge in [0.2, 0.25) is 0 Å². The fraction of sp³-hybridized carbons (Fsp3) is 0.538. The molecule has 0 radical (unpaired) electrons. The topological polar surface area (TPSA) is 63.6 Å². The van der Waals surface area contributed by atoms with Crippen LogP contribution < -0.4 is 4.74 Å². The predicted molar refractivity (Wildman–Crippen MR) is 77.2 cm³/mol. The summed E-state index contributed by atoms with van der Waals surface area (Å²) in [5.74, 6) is 0.811. The Hall–Kier alpha value is -0.590. The number of rotatable bonds is 4. The minimum atomic E-state index is -2.96. The normalized spacial score (nSPS) is 23.2. The van der Waals surface area contributed by atoms with E-state index in [1.807, 2.05) is 18.2 Å². The second kappa shape index (κ2) is 5.81. The summed E-state index contributed by atoms with van der Waals surface area (Å²) in [4.78, 5) is 0. The van der Waals surface area contributed by atoms with Crippen LogP contribution in [0, 0.1) is 5.92 Å². The van der Waals surface area contributed by atoms with Crippen LogP contribution >= 0.6 is 15.9 Å². The molecule has 1 N–H and O–H groups in total. The first-order valence-electron chi connectivity index (χ1n) is 6.12. The summed E-state index contributed by atoms with van der Waals surface area (Å²) in [5.41, 5.74) is 0.883. The lowest BCUT2D eigenvalue weighted by atomic mass is 9.95. The maximum Gasteiger partial charge on any atom is 0.150 e. The Morgan fingerprint density at radius 2 is 2.26 bits per heavy atom. The molecular formula is C13H17BrO4S. The van der Waals surface area contributed by atoms with Gasteiger partial charge in [-0.2, -0.15) is 0 Å². The van der Waals surface area contributed by atoms with Crippen molar-refractivity contribution in [2.45, 2.75) is 18.9 Å². The molecule has 4 nitrogen and oxygen atoms in total. The van der Waals surface area contributed by atoms with Crippen LogP contribution in [0.3, 0.4) is 0 Å². The highest BCUT2D eigenvalue weighted by Gasteiger charge is 2.33. The van der Waals surface area contributed by atoms with E-state index in [2.05, 4.69) is 15.9 Å². The van der Waals surface area contributed by atoms with E-state index in [0.717, 1.165) is 10.0 Å². The van der Waals surface area contributed by atoms with Gasteiger partial charge >= 0.3 is 0 Å². The molecule has 1 aromatic rings. The molecule has 0 aromatic heterocycles. The van der Waals surface area contributed by atoms with Crippen molar-refractivity contribution < 1.29 is 18.3 Å². The van der Waals surface area contributed by atoms with Crippen molar-refractivity contribution in [3.8, 4) is 5.75 Å². The largest absolute Gasteiger partial charge is 0.496 e. The Balaban J connectivity index is 2.11. The third kappa shape index (κ3) is 3.70. The minimum absolute atomic E-state index is 0.0878. The molecule has 1 aromatic carbocycles. The highest BCUT2D eigenvalue weighted by Crippen LogP contribution is 2.28. The van der Waals surface area contributed by atoms with Crippen LogP contribution in [0.5, 0.6) is 5.75 Å². The molecule has 1 aliphatic heterocycles. The third-order valence-electron chi connectivity index (χ3n) is 3.48. The van der Waals surface area contributed by atoms with Gasteiger partial charge in [0.25, 0.3) is 0 Å². The van der Waals surface area contributed by atoms with Gasteiger partial charge in [0.15, 0.2) is 9.84 Å². The zero-order chi connectivity index (χ0) is 14.0. The molecule has 0 aliphatic carbocycles. The molecule has 2 atom stereocenters. The van der Waals surface area contributed by atoms with E-state index in [-0.39, 0.29) is 17.4 Å². The summed E-state index contributed by atoms with van der Waals surface area (Å²) >= 11 is 3.38. The van der Waals surface area contributed by atoms with Gasteiger partial charge in [0, 0.05) is 16.8 Å². The van der Waals surface area contributed by atoms with Gasteiger partial charge in [-0.3, -0.25) is 0 Å². The zero-order valence-electron chi connectivity index (χ0n) is 10.7. The average Bonchev–Trinajstić information content (AvgIpc) is 2.70. The second-order valence-corrected chi connectivity index (χ2v) is 8.04. The van der Waals surface area contributed by atoms with Gasteiger partial charge in [-0.1, -0.05) is 15.9 Å². The first-order valence-corrected chi connectivity index (χ1v) is 8.73. The van der Waals surface area contributed by atoms with Gasteiger partial charge in [-0.05, 0) is 30.2 Å². The average molecular weight is 349 g/mol. The molecule has 6 heteroatoms. The monoisotopic (exact) mass is 348 g/mol. The van der Waals surface area contributed by atoms with Crippen molar-refractivity contribution in [3.05, 3.63) is 28.2 Å². The molecule has 19 heavy (non-hydrogen) atoms. The molecule has 1 fully saturated rings. The van der Waals surface area contributed by atoms with Crippen molar-refractivity contribution in [2.24, 2.45) is 5.92 Å². The van der Waals surface area contributed by atoms with E-state index >= 15 is 0 Å². The number of methoxy groups -OCH3 is 1. The van der Waals surface area contributed by atoms with Crippen molar-refractivity contribution in [1.29, 1.82) is 0 Å². The van der Waals surface area contributed by atoms with E-state index < -0.39 is 15.9 Å². The number of benzene rings is 1. The van der Waals surface area contributed by atoms with Crippen LogP contribution in [-0.2, 0) is 16.3 Å². The van der Waals surface area contributed by atoms with Crippen LogP contribution in [0.4, 0.5) is 0 Å². The molecule has 1 heterocycles. The fourth-order valence-corrected chi connectivity index (χ4v) is 4.70. The van der Waals surface area contributed by atoms with Gasteiger partial charge in [-0.25, -0.2) is 8.42 Å². The Bertz CT molecular complexity index is 556. The van der Waals surface area contributed by atoms with Crippen molar-refractivity contribution in [3.63, 3.8) is 0 Å². The minimum Gasteiger partial charge on any atom is -0.496 e. The smallest absolute Gasteiger partial charge is 0.150 e. The summed E-state index contributed by atoms with van der Waals surface area (Å²) in [6, 6.07) is 5.60. The van der Waals surface area contributed by atoms with E-state index in [0.29, 0.717) is 18.6 Å². The number of hydrogen-bond acceptors (Lipinski definition) is 4. The fourth-order valence-electron chi connectivity index (χ4n) is 2.43. The number of aliphatic hydroxyl groups is 1. The Kier molecular flexibility index (Phi) is 4.53. The second-order valence-electron chi connectivity index (χ2n) is 4.89. The quantitative estimate of drug-likeness (QED) is 0.900. The van der Waals surface area contributed by atoms with Crippen molar-refractivity contribution in [2.75, 3.05) is 18.6 Å². The van der Waals surface area contributed by atoms with Crippen molar-refractivity contribution >= 4 is 25.8 Å². The van der Waals surface area contributed by atoms with E-state index in [4.69, 9.17) is 4.74 Å². The molecule has 2 unspecified atom stereocenters. The highest BCUT2D eigenvalue weighted by atomic mass is 79.9. The molecule has 1 aliphatic rings. The van der Waals surface area contributed by atoms with Crippen LogP contribution in [0.1, 0.15) is 12.0 Å². The number of ether oxygens (including phenoxy) is 1. The molecular weight excluding hydrogens is 332 g/mol. The maximum absolute atomic E-state index is 11.4. The van der Waals surface area contributed by atoms with Gasteiger partial charge in [0.05, 0.1) is 24.7 Å². The lowest BCUT2D eigenvalue weighted by Gasteiger charge is -2.18. The first-order chi connectivity index (χ1) is 8.91. The van der Waals surface area contributed by atoms with Crippen LogP contribution in [0.25, 0.3) is 0 Å². The van der Waals surface area contributed by atoms with Crippen molar-refractivity contribution in [1.82, 2.24) is 0 Å². The molecule has 106 valence electrons. The Morgan fingerprint density at radius 1 is 1.53 bits per heavy atom. The first kappa shape index (κ1) is 14.8. The summed E-state index contributed by atoms with van der Waals surface area (Å²) in [7, 11) is -1.37. The summed E-state index contributed by atoms with van der Waals surface area (Å²) < 4.78 is 29.0. The molecule has 1 saturated heterocycles. The maximum atomic E-state index is 11.4. The number of sulfone groups is 1. The standard InChI is InChI=1S/C13H17BrO4S/c1-18-13-3-2-11(14)6-10(13)7-12(15)9-4-5-19(16,17)8-9/h2-3,6,9,12,15H,4-5,7-8H2,1H3. The predicted octanol–water partition coefficient (Wildman–Crippen LogP) is 1.80. The lowest BCUT2D eigenvalue weighted by molar-refractivity contribution is 0.119. The lowest BCUT2D eigenvalue weighted by Crippen LogP contribution is -2.24. The SMILES string of the molecule is COc1ccc(Br)cc1CC(O)C1CCS(=O)(=O)C1. The number of halogens is 1. The van der Waals surface area contributed by atoms with Gasteiger partial charge < -0.3 is 9.84 Å². The Labute approximate surface area is 121 Å². The van der Waals surface area contributed by atoms with Crippen LogP contribution in [0.15, 0.2) is 22.7 Å². The number of hydrogen-bond donors (Lipinski definition) is 1. The van der Waals surface area contributed by atoms with Gasteiger partial charge in [-0.15, -0.1) is 0 Å². The third-order valence-corrected chi connectivity index (χ3v) is 5.77. The summed E-state index contributed by atoms with van der Waals surface area (Å²) in [6.07, 6.45) is 0.295. The van der Waals surface area contributed by atoms with Crippen LogP contribution in [-0.4, -0.2) is 38.2 Å². The Morgan fingerprint density at radius 3 is 2.84 bits per heavy atom. The van der Waals surface area contributed by atoms with E-state index in [1.54, 1.807) is 7.11 Å². The van der Waals surface area contributed by atoms with E-state index in [1.165, 1.54) is 0 Å². The van der Waals surface area contributed by atoms with Gasteiger partial charge in [0.1, 0.15) is 5.75 Å². The summed E-state index contributed by atoms with van der Waals surface area (Å²) in [6.45, 7) is 0. The molecule has 2 rings (SSSR count).